The summed E-state index contributed by atoms with van der Waals surface area (Å²) in [6.07, 6.45) is 0.401. The molecule has 0 saturated carbocycles. The number of hydrogen-bond acceptors (Lipinski definition) is 6. The van der Waals surface area contributed by atoms with Crippen molar-refractivity contribution in [3.8, 4) is 11.3 Å². The number of carbonyl (C=O) groups is 1. The molecule has 0 spiro atoms. The van der Waals surface area contributed by atoms with E-state index in [2.05, 4.69) is 4.98 Å². The number of hydrogen-bond donors (Lipinski definition) is 1. The van der Waals surface area contributed by atoms with Crippen LogP contribution in [-0.2, 0) is 16.0 Å². The maximum absolute atomic E-state index is 13.3. The van der Waals surface area contributed by atoms with Crippen molar-refractivity contribution in [2.45, 2.75) is 19.8 Å². The highest BCUT2D eigenvalue weighted by molar-refractivity contribution is 6.00. The van der Waals surface area contributed by atoms with Gasteiger partial charge in [-0.2, -0.15) is 0 Å². The van der Waals surface area contributed by atoms with Crippen LogP contribution in [0.3, 0.4) is 0 Å². The molecule has 0 radical (unpaired) electrons. The highest BCUT2D eigenvalue weighted by Gasteiger charge is 2.21. The predicted octanol–water partition coefficient (Wildman–Crippen LogP) is 4.26. The van der Waals surface area contributed by atoms with Crippen LogP contribution in [0.15, 0.2) is 51.7 Å². The summed E-state index contributed by atoms with van der Waals surface area (Å²) in [6.45, 7) is 1.96. The summed E-state index contributed by atoms with van der Waals surface area (Å²) in [7, 11) is 1.31. The Bertz CT molecular complexity index is 1350. The molecule has 0 aliphatic rings. The minimum absolute atomic E-state index is 0.113. The van der Waals surface area contributed by atoms with Gasteiger partial charge in [-0.1, -0.05) is 29.8 Å². The van der Waals surface area contributed by atoms with Crippen molar-refractivity contribution in [2.24, 2.45) is 0 Å². The number of fused-ring (bicyclic) bond motifs is 2. The third-order valence-electron chi connectivity index (χ3n) is 5.03. The Morgan fingerprint density at radius 1 is 1.20 bits per heavy atom. The molecule has 2 aromatic carbocycles. The summed E-state index contributed by atoms with van der Waals surface area (Å²) in [5.74, 6) is -0.381. The van der Waals surface area contributed by atoms with Crippen LogP contribution in [0.5, 0.6) is 0 Å². The van der Waals surface area contributed by atoms with Gasteiger partial charge in [0.05, 0.1) is 40.6 Å². The average molecular weight is 406 g/mol. The zero-order chi connectivity index (χ0) is 21.4. The van der Waals surface area contributed by atoms with Crippen molar-refractivity contribution >= 4 is 33.6 Å². The zero-order valence-electron chi connectivity index (χ0n) is 16.4. The molecule has 0 aliphatic carbocycles. The first-order valence-corrected chi connectivity index (χ1v) is 9.28. The number of nitro benzene ring substituents is 1. The summed E-state index contributed by atoms with van der Waals surface area (Å²) in [5.41, 5.74) is 2.99. The molecule has 0 unspecified atom stereocenters. The van der Waals surface area contributed by atoms with Gasteiger partial charge < -0.3 is 14.1 Å². The number of aryl methyl sites for hydroxylation is 2. The SMILES string of the molecule is COC(=O)CCc1[nH]c(-c2ccc(C)cc2)c2c(=O)c3cc([N+](=O)[O-])ccc3oc12. The van der Waals surface area contributed by atoms with Crippen molar-refractivity contribution in [3.63, 3.8) is 0 Å². The second kappa shape index (κ2) is 7.47. The largest absolute Gasteiger partial charge is 0.469 e. The molecular formula is C22H18N2O6. The molecule has 0 bridgehead atoms. The van der Waals surface area contributed by atoms with Gasteiger partial charge in [-0.05, 0) is 18.6 Å². The lowest BCUT2D eigenvalue weighted by Crippen LogP contribution is -2.04. The number of H-pyrrole nitrogens is 1. The summed E-state index contributed by atoms with van der Waals surface area (Å²) in [4.78, 5) is 38.8. The molecule has 152 valence electrons. The second-order valence-electron chi connectivity index (χ2n) is 6.99. The Hall–Kier alpha value is -3.94. The van der Waals surface area contributed by atoms with Crippen LogP contribution >= 0.6 is 0 Å². The third-order valence-corrected chi connectivity index (χ3v) is 5.03. The van der Waals surface area contributed by atoms with Crippen LogP contribution in [0, 0.1) is 17.0 Å². The van der Waals surface area contributed by atoms with E-state index in [1.165, 1.54) is 25.3 Å². The van der Waals surface area contributed by atoms with E-state index in [1.54, 1.807) is 0 Å². The quantitative estimate of drug-likeness (QED) is 0.301. The predicted molar refractivity (Wildman–Crippen MR) is 112 cm³/mol. The monoisotopic (exact) mass is 406 g/mol. The summed E-state index contributed by atoms with van der Waals surface area (Å²) < 4.78 is 10.7. The van der Waals surface area contributed by atoms with Crippen LogP contribution in [0.1, 0.15) is 17.7 Å². The first-order chi connectivity index (χ1) is 14.4. The van der Waals surface area contributed by atoms with E-state index in [4.69, 9.17) is 9.15 Å². The van der Waals surface area contributed by atoms with E-state index in [9.17, 15) is 19.7 Å². The number of nitrogens with zero attached hydrogens (tertiary/aromatic N) is 1. The van der Waals surface area contributed by atoms with Crippen molar-refractivity contribution in [1.29, 1.82) is 0 Å². The van der Waals surface area contributed by atoms with Crippen LogP contribution in [-0.4, -0.2) is 23.0 Å². The van der Waals surface area contributed by atoms with Gasteiger partial charge in [0, 0.05) is 18.6 Å². The maximum Gasteiger partial charge on any atom is 0.305 e. The fraction of sp³-hybridized carbons (Fsp3) is 0.182. The highest BCUT2D eigenvalue weighted by atomic mass is 16.6. The smallest absolute Gasteiger partial charge is 0.305 e. The van der Waals surface area contributed by atoms with Gasteiger partial charge in [-0.3, -0.25) is 19.7 Å². The fourth-order valence-electron chi connectivity index (χ4n) is 3.45. The molecule has 0 aliphatic heterocycles. The standard InChI is InChI=1S/C22H18N2O6/c1-12-3-5-13(6-4-12)20-19-21(26)15-11-14(24(27)28)7-9-17(15)30-22(19)16(23-20)8-10-18(25)29-2/h3-7,9,11,23H,8,10H2,1-2H3. The van der Waals surface area contributed by atoms with Gasteiger partial charge in [0.15, 0.2) is 5.58 Å². The van der Waals surface area contributed by atoms with Crippen molar-refractivity contribution in [3.05, 3.63) is 74.1 Å². The molecular weight excluding hydrogens is 388 g/mol. The van der Waals surface area contributed by atoms with E-state index < -0.39 is 4.92 Å². The zero-order valence-corrected chi connectivity index (χ0v) is 16.4. The van der Waals surface area contributed by atoms with Gasteiger partial charge in [0.25, 0.3) is 5.69 Å². The first-order valence-electron chi connectivity index (χ1n) is 9.28. The maximum atomic E-state index is 13.3. The summed E-state index contributed by atoms with van der Waals surface area (Å²) >= 11 is 0. The molecule has 1 N–H and O–H groups in total. The van der Waals surface area contributed by atoms with Crippen LogP contribution in [0.25, 0.3) is 33.2 Å². The Morgan fingerprint density at radius 2 is 1.93 bits per heavy atom. The molecule has 0 saturated heterocycles. The lowest BCUT2D eigenvalue weighted by Gasteiger charge is -2.02. The number of esters is 1. The number of benzene rings is 2. The number of nitro groups is 1. The van der Waals surface area contributed by atoms with Gasteiger partial charge in [-0.25, -0.2) is 0 Å². The van der Waals surface area contributed by atoms with Gasteiger partial charge >= 0.3 is 5.97 Å². The number of aromatic amines is 1. The Balaban J connectivity index is 2.00. The molecule has 30 heavy (non-hydrogen) atoms. The van der Waals surface area contributed by atoms with Crippen LogP contribution in [0.4, 0.5) is 5.69 Å². The lowest BCUT2D eigenvalue weighted by molar-refractivity contribution is -0.384. The van der Waals surface area contributed by atoms with E-state index in [-0.39, 0.29) is 40.9 Å². The van der Waals surface area contributed by atoms with Gasteiger partial charge in [-0.15, -0.1) is 0 Å². The third kappa shape index (κ3) is 3.32. The fourth-order valence-corrected chi connectivity index (χ4v) is 3.45. The molecule has 4 rings (SSSR count). The van der Waals surface area contributed by atoms with E-state index in [0.717, 1.165) is 11.1 Å². The van der Waals surface area contributed by atoms with Crippen LogP contribution in [0.2, 0.25) is 0 Å². The Morgan fingerprint density at radius 3 is 2.60 bits per heavy atom. The highest BCUT2D eigenvalue weighted by Crippen LogP contribution is 2.32. The molecule has 2 aromatic heterocycles. The topological polar surface area (TPSA) is 115 Å². The van der Waals surface area contributed by atoms with Crippen molar-refractivity contribution in [2.75, 3.05) is 7.11 Å². The van der Waals surface area contributed by atoms with Gasteiger partial charge in [0.1, 0.15) is 5.58 Å². The molecule has 8 nitrogen and oxygen atoms in total. The number of nitrogens with one attached hydrogen (secondary N) is 1. The average Bonchev–Trinajstić information content (AvgIpc) is 3.11. The molecule has 0 amide bonds. The molecule has 0 atom stereocenters. The Labute approximate surface area is 170 Å². The van der Waals surface area contributed by atoms with E-state index in [1.807, 2.05) is 31.2 Å². The van der Waals surface area contributed by atoms with Crippen LogP contribution < -0.4 is 5.43 Å². The molecule has 2 heterocycles. The minimum Gasteiger partial charge on any atom is -0.469 e. The van der Waals surface area contributed by atoms with E-state index in [0.29, 0.717) is 22.4 Å². The first kappa shape index (κ1) is 19.4. The second-order valence-corrected chi connectivity index (χ2v) is 6.99. The number of non-ortho nitro benzene ring substituents is 1. The number of rotatable bonds is 5. The van der Waals surface area contributed by atoms with Crippen molar-refractivity contribution in [1.82, 2.24) is 4.98 Å². The number of aromatic nitrogens is 1. The summed E-state index contributed by atoms with van der Waals surface area (Å²) in [5, 5.41) is 11.6. The summed E-state index contributed by atoms with van der Waals surface area (Å²) in [6, 6.07) is 11.5. The number of ether oxygens (including phenoxy) is 1. The molecule has 0 fully saturated rings. The van der Waals surface area contributed by atoms with Crippen molar-refractivity contribution < 1.29 is 18.9 Å². The van der Waals surface area contributed by atoms with E-state index >= 15 is 0 Å². The normalized spacial score (nSPS) is 11.1. The minimum atomic E-state index is -0.553. The number of carbonyl (C=O) groups excluding carboxylic acids is 1. The lowest BCUT2D eigenvalue weighted by atomic mass is 10.1. The molecule has 8 heteroatoms. The number of methoxy groups -OCH3 is 1. The van der Waals surface area contributed by atoms with Gasteiger partial charge in [0.2, 0.25) is 5.43 Å². The Kier molecular flexibility index (Phi) is 4.83. The molecule has 4 aromatic rings.